The maximum absolute atomic E-state index is 12.6. The first-order chi connectivity index (χ1) is 9.13. The van der Waals surface area contributed by atoms with Crippen LogP contribution in [-0.2, 0) is 9.59 Å². The van der Waals surface area contributed by atoms with Gasteiger partial charge in [-0.15, -0.1) is 6.58 Å². The molecular formula is C15H18N2O2. The fourth-order valence-electron chi connectivity index (χ4n) is 2.32. The Morgan fingerprint density at radius 1 is 1.37 bits per heavy atom. The highest BCUT2D eigenvalue weighted by Gasteiger charge is 2.33. The molecule has 100 valence electrons. The Hall–Kier alpha value is -2.10. The predicted molar refractivity (Wildman–Crippen MR) is 73.3 cm³/mol. The summed E-state index contributed by atoms with van der Waals surface area (Å²) in [5.74, 6) is -0.175. The van der Waals surface area contributed by atoms with E-state index in [1.165, 1.54) is 0 Å². The quantitative estimate of drug-likeness (QED) is 0.838. The van der Waals surface area contributed by atoms with E-state index in [1.54, 1.807) is 11.0 Å². The molecule has 0 saturated carbocycles. The number of carbonyl (C=O) groups excluding carboxylic acids is 2. The number of nitrogens with zero attached hydrogens (tertiary/aromatic N) is 1. The van der Waals surface area contributed by atoms with E-state index >= 15 is 0 Å². The average molecular weight is 258 g/mol. The van der Waals surface area contributed by atoms with E-state index in [0.717, 1.165) is 5.56 Å². The van der Waals surface area contributed by atoms with Crippen LogP contribution in [0.1, 0.15) is 24.9 Å². The molecule has 2 rings (SSSR count). The Morgan fingerprint density at radius 2 is 2.05 bits per heavy atom. The van der Waals surface area contributed by atoms with Gasteiger partial charge in [0.05, 0.1) is 0 Å². The highest BCUT2D eigenvalue weighted by atomic mass is 16.2. The van der Waals surface area contributed by atoms with Crippen molar-refractivity contribution in [3.63, 3.8) is 0 Å². The Balaban J connectivity index is 2.34. The van der Waals surface area contributed by atoms with Gasteiger partial charge in [0, 0.05) is 19.0 Å². The number of benzene rings is 1. The molecule has 1 N–H and O–H groups in total. The third kappa shape index (κ3) is 2.84. The Labute approximate surface area is 113 Å². The molecule has 2 amide bonds. The SMILES string of the molecule is C=CCN1C(=O)C(c2ccccc2)NC(=O)CC1C. The van der Waals surface area contributed by atoms with Crippen LogP contribution in [-0.4, -0.2) is 29.3 Å². The molecule has 1 fully saturated rings. The lowest BCUT2D eigenvalue weighted by molar-refractivity contribution is -0.134. The molecule has 0 aromatic heterocycles. The summed E-state index contributed by atoms with van der Waals surface area (Å²) in [6, 6.07) is 8.60. The monoisotopic (exact) mass is 258 g/mol. The first-order valence-electron chi connectivity index (χ1n) is 6.39. The molecule has 4 nitrogen and oxygen atoms in total. The van der Waals surface area contributed by atoms with E-state index in [-0.39, 0.29) is 17.9 Å². The van der Waals surface area contributed by atoms with E-state index < -0.39 is 6.04 Å². The minimum atomic E-state index is -0.599. The lowest BCUT2D eigenvalue weighted by Crippen LogP contribution is -2.41. The maximum atomic E-state index is 12.6. The summed E-state index contributed by atoms with van der Waals surface area (Å²) in [4.78, 5) is 26.1. The standard InChI is InChI=1S/C15H18N2O2/c1-3-9-17-11(2)10-13(18)16-14(15(17)19)12-7-5-4-6-8-12/h3-8,11,14H,1,9-10H2,2H3,(H,16,18). The van der Waals surface area contributed by atoms with Crippen LogP contribution in [0.4, 0.5) is 0 Å². The van der Waals surface area contributed by atoms with Crippen molar-refractivity contribution in [3.8, 4) is 0 Å². The van der Waals surface area contributed by atoms with Gasteiger partial charge in [-0.3, -0.25) is 9.59 Å². The zero-order valence-electron chi connectivity index (χ0n) is 11.0. The van der Waals surface area contributed by atoms with Crippen LogP contribution in [0.5, 0.6) is 0 Å². The first kappa shape index (κ1) is 13.3. The molecule has 1 saturated heterocycles. The van der Waals surface area contributed by atoms with Crippen LogP contribution in [0.25, 0.3) is 0 Å². The smallest absolute Gasteiger partial charge is 0.250 e. The summed E-state index contributed by atoms with van der Waals surface area (Å²) in [5, 5.41) is 2.80. The largest absolute Gasteiger partial charge is 0.340 e. The lowest BCUT2D eigenvalue weighted by atomic mass is 10.1. The minimum Gasteiger partial charge on any atom is -0.340 e. The first-order valence-corrected chi connectivity index (χ1v) is 6.39. The Kier molecular flexibility index (Phi) is 4.00. The number of amides is 2. The zero-order chi connectivity index (χ0) is 13.8. The molecule has 0 spiro atoms. The van der Waals surface area contributed by atoms with Crippen LogP contribution >= 0.6 is 0 Å². The molecule has 1 aromatic carbocycles. The van der Waals surface area contributed by atoms with Gasteiger partial charge >= 0.3 is 0 Å². The van der Waals surface area contributed by atoms with Crippen LogP contribution in [0.2, 0.25) is 0 Å². The number of rotatable bonds is 3. The second kappa shape index (κ2) is 5.69. The van der Waals surface area contributed by atoms with Gasteiger partial charge in [-0.2, -0.15) is 0 Å². The Bertz CT molecular complexity index is 484. The second-order valence-electron chi connectivity index (χ2n) is 4.74. The highest BCUT2D eigenvalue weighted by molar-refractivity contribution is 5.91. The number of hydrogen-bond donors (Lipinski definition) is 1. The van der Waals surface area contributed by atoms with Gasteiger partial charge < -0.3 is 10.2 Å². The van der Waals surface area contributed by atoms with E-state index in [4.69, 9.17) is 0 Å². The third-order valence-electron chi connectivity index (χ3n) is 3.31. The summed E-state index contributed by atoms with van der Waals surface area (Å²) in [5.41, 5.74) is 0.809. The van der Waals surface area contributed by atoms with Gasteiger partial charge in [-0.05, 0) is 12.5 Å². The molecule has 2 unspecified atom stereocenters. The van der Waals surface area contributed by atoms with E-state index in [2.05, 4.69) is 11.9 Å². The summed E-state index contributed by atoms with van der Waals surface area (Å²) < 4.78 is 0. The molecule has 0 bridgehead atoms. The van der Waals surface area contributed by atoms with Crippen molar-refractivity contribution in [2.45, 2.75) is 25.4 Å². The van der Waals surface area contributed by atoms with Gasteiger partial charge in [-0.1, -0.05) is 36.4 Å². The topological polar surface area (TPSA) is 49.4 Å². The van der Waals surface area contributed by atoms with Crippen molar-refractivity contribution in [1.29, 1.82) is 0 Å². The normalized spacial score (nSPS) is 23.7. The van der Waals surface area contributed by atoms with Gasteiger partial charge in [0.15, 0.2) is 0 Å². The minimum absolute atomic E-state index is 0.0792. The van der Waals surface area contributed by atoms with Gasteiger partial charge in [0.2, 0.25) is 11.8 Å². The third-order valence-corrected chi connectivity index (χ3v) is 3.31. The molecule has 19 heavy (non-hydrogen) atoms. The van der Waals surface area contributed by atoms with Crippen molar-refractivity contribution in [3.05, 3.63) is 48.6 Å². The molecular weight excluding hydrogens is 240 g/mol. The number of carbonyl (C=O) groups is 2. The summed E-state index contributed by atoms with van der Waals surface area (Å²) >= 11 is 0. The van der Waals surface area contributed by atoms with Gasteiger partial charge in [0.1, 0.15) is 6.04 Å². The summed E-state index contributed by atoms with van der Waals surface area (Å²) in [6.07, 6.45) is 2.01. The second-order valence-corrected chi connectivity index (χ2v) is 4.74. The molecule has 2 atom stereocenters. The molecule has 1 aliphatic heterocycles. The molecule has 0 aliphatic carbocycles. The van der Waals surface area contributed by atoms with Crippen LogP contribution in [0.3, 0.4) is 0 Å². The van der Waals surface area contributed by atoms with Crippen LogP contribution in [0, 0.1) is 0 Å². The molecule has 1 aliphatic rings. The predicted octanol–water partition coefficient (Wildman–Crippen LogP) is 1.65. The molecule has 1 heterocycles. The zero-order valence-corrected chi connectivity index (χ0v) is 11.0. The van der Waals surface area contributed by atoms with Crippen molar-refractivity contribution < 1.29 is 9.59 Å². The average Bonchev–Trinajstić information content (AvgIpc) is 2.51. The summed E-state index contributed by atoms with van der Waals surface area (Å²) in [6.45, 7) is 6.01. The van der Waals surface area contributed by atoms with Crippen molar-refractivity contribution in [1.82, 2.24) is 10.2 Å². The van der Waals surface area contributed by atoms with E-state index in [0.29, 0.717) is 13.0 Å². The fourth-order valence-corrected chi connectivity index (χ4v) is 2.32. The Morgan fingerprint density at radius 3 is 2.68 bits per heavy atom. The lowest BCUT2D eigenvalue weighted by Gasteiger charge is -2.27. The van der Waals surface area contributed by atoms with Gasteiger partial charge in [-0.25, -0.2) is 0 Å². The van der Waals surface area contributed by atoms with Crippen LogP contribution < -0.4 is 5.32 Å². The maximum Gasteiger partial charge on any atom is 0.250 e. The molecule has 0 radical (unpaired) electrons. The molecule has 4 heteroatoms. The van der Waals surface area contributed by atoms with E-state index in [9.17, 15) is 9.59 Å². The fraction of sp³-hybridized carbons (Fsp3) is 0.333. The summed E-state index contributed by atoms with van der Waals surface area (Å²) in [7, 11) is 0. The van der Waals surface area contributed by atoms with E-state index in [1.807, 2.05) is 37.3 Å². The number of hydrogen-bond acceptors (Lipinski definition) is 2. The van der Waals surface area contributed by atoms with Crippen molar-refractivity contribution >= 4 is 11.8 Å². The van der Waals surface area contributed by atoms with Crippen molar-refractivity contribution in [2.75, 3.05) is 6.54 Å². The van der Waals surface area contributed by atoms with Crippen molar-refractivity contribution in [2.24, 2.45) is 0 Å². The highest BCUT2D eigenvalue weighted by Crippen LogP contribution is 2.21. The van der Waals surface area contributed by atoms with Crippen LogP contribution in [0.15, 0.2) is 43.0 Å². The molecule has 1 aromatic rings. The van der Waals surface area contributed by atoms with Gasteiger partial charge in [0.25, 0.3) is 0 Å². The number of nitrogens with one attached hydrogen (secondary N) is 1.